The van der Waals surface area contributed by atoms with Crippen molar-refractivity contribution in [1.29, 1.82) is 0 Å². The minimum atomic E-state index is -3.60. The molecule has 1 aliphatic rings. The average molecular weight is 504 g/mol. The number of anilines is 1. The van der Waals surface area contributed by atoms with Crippen LogP contribution in [0.4, 0.5) is 5.69 Å². The molecule has 35 heavy (non-hydrogen) atoms. The molecule has 0 spiro atoms. The Morgan fingerprint density at radius 2 is 1.71 bits per heavy atom. The topological polar surface area (TPSA) is 105 Å². The number of likely N-dealkylation sites (N-methyl/N-ethyl adjacent to an activating group) is 1. The molecule has 1 aliphatic heterocycles. The third-order valence-corrected chi connectivity index (χ3v) is 7.05. The van der Waals surface area contributed by atoms with E-state index in [0.717, 1.165) is 17.4 Å². The highest BCUT2D eigenvalue weighted by Gasteiger charge is 2.26. The summed E-state index contributed by atoms with van der Waals surface area (Å²) in [5.41, 5.74) is 2.46. The van der Waals surface area contributed by atoms with Crippen molar-refractivity contribution in [2.75, 3.05) is 37.4 Å². The van der Waals surface area contributed by atoms with Crippen molar-refractivity contribution in [2.24, 2.45) is 0 Å². The Labute approximate surface area is 207 Å². The highest BCUT2D eigenvalue weighted by molar-refractivity contribution is 7.92. The van der Waals surface area contributed by atoms with Crippen LogP contribution in [0.3, 0.4) is 0 Å². The number of aryl methyl sites for hydroxylation is 1. The van der Waals surface area contributed by atoms with Crippen molar-refractivity contribution >= 4 is 27.5 Å². The normalized spacial score (nSPS) is 13.6. The maximum Gasteiger partial charge on any atom is 0.242 e. The molecular weight excluding hydrogens is 470 g/mol. The summed E-state index contributed by atoms with van der Waals surface area (Å²) in [6.07, 6.45) is 1.50. The van der Waals surface area contributed by atoms with Gasteiger partial charge >= 0.3 is 0 Å². The summed E-state index contributed by atoms with van der Waals surface area (Å²) in [5.74, 6) is 0.567. The molecule has 190 valence electrons. The minimum Gasteiger partial charge on any atom is -0.486 e. The first-order valence-corrected chi connectivity index (χ1v) is 13.4. The first kappa shape index (κ1) is 26.3. The van der Waals surface area contributed by atoms with Gasteiger partial charge in [0.05, 0.1) is 11.9 Å². The molecule has 0 aromatic heterocycles. The van der Waals surface area contributed by atoms with Gasteiger partial charge in [-0.15, -0.1) is 0 Å². The summed E-state index contributed by atoms with van der Waals surface area (Å²) >= 11 is 0. The largest absolute Gasteiger partial charge is 0.486 e. The molecule has 0 saturated heterocycles. The van der Waals surface area contributed by atoms with Crippen LogP contribution in [0.15, 0.2) is 42.5 Å². The molecule has 10 heteroatoms. The van der Waals surface area contributed by atoms with Gasteiger partial charge in [-0.2, -0.15) is 0 Å². The fourth-order valence-electron chi connectivity index (χ4n) is 3.87. The Morgan fingerprint density at radius 3 is 2.34 bits per heavy atom. The van der Waals surface area contributed by atoms with Crippen molar-refractivity contribution in [2.45, 2.75) is 39.3 Å². The number of nitrogens with one attached hydrogen (secondary N) is 1. The van der Waals surface area contributed by atoms with Crippen molar-refractivity contribution in [3.8, 4) is 11.5 Å². The van der Waals surface area contributed by atoms with E-state index >= 15 is 0 Å². The van der Waals surface area contributed by atoms with Crippen molar-refractivity contribution in [3.05, 3.63) is 53.6 Å². The van der Waals surface area contributed by atoms with Crippen LogP contribution in [0.2, 0.25) is 0 Å². The zero-order valence-corrected chi connectivity index (χ0v) is 21.4. The maximum absolute atomic E-state index is 13.2. The molecule has 2 aromatic rings. The first-order chi connectivity index (χ1) is 16.6. The summed E-state index contributed by atoms with van der Waals surface area (Å²) in [4.78, 5) is 27.0. The summed E-state index contributed by atoms with van der Waals surface area (Å²) in [7, 11) is -2.07. The number of ether oxygens (including phenoxy) is 2. The standard InChI is InChI=1S/C25H33N3O6S/c1-18-7-9-20(10-8-18)17-27(19(2)25(30)26-3)24(29)6-5-13-28(35(4,31)32)21-11-12-22-23(16-21)34-15-14-33-22/h7-12,16,19H,5-6,13-15,17H2,1-4H3,(H,26,30)/t19-/m1/s1. The van der Waals surface area contributed by atoms with E-state index in [9.17, 15) is 18.0 Å². The average Bonchev–Trinajstić information content (AvgIpc) is 2.84. The highest BCUT2D eigenvalue weighted by atomic mass is 32.2. The van der Waals surface area contributed by atoms with Crippen LogP contribution in [-0.4, -0.2) is 64.2 Å². The van der Waals surface area contributed by atoms with Crippen LogP contribution in [0.5, 0.6) is 11.5 Å². The van der Waals surface area contributed by atoms with E-state index in [1.54, 1.807) is 25.1 Å². The van der Waals surface area contributed by atoms with Gasteiger partial charge in [0.1, 0.15) is 19.3 Å². The number of hydrogen-bond acceptors (Lipinski definition) is 6. The molecule has 0 radical (unpaired) electrons. The van der Waals surface area contributed by atoms with Gasteiger partial charge in [0, 0.05) is 32.6 Å². The van der Waals surface area contributed by atoms with Crippen LogP contribution in [-0.2, 0) is 26.2 Å². The third kappa shape index (κ3) is 6.88. The second-order valence-electron chi connectivity index (χ2n) is 8.56. The Balaban J connectivity index is 1.72. The summed E-state index contributed by atoms with van der Waals surface area (Å²) < 4.78 is 37.4. The van der Waals surface area contributed by atoms with Gasteiger partial charge in [-0.05, 0) is 38.0 Å². The number of carbonyl (C=O) groups is 2. The predicted molar refractivity (Wildman–Crippen MR) is 134 cm³/mol. The molecule has 9 nitrogen and oxygen atoms in total. The lowest BCUT2D eigenvalue weighted by Gasteiger charge is -2.29. The zero-order valence-electron chi connectivity index (χ0n) is 20.6. The van der Waals surface area contributed by atoms with Gasteiger partial charge in [-0.1, -0.05) is 29.8 Å². The SMILES string of the molecule is CNC(=O)[C@@H](C)N(Cc1ccc(C)cc1)C(=O)CCCN(c1ccc2c(c1)OCCO2)S(C)(=O)=O. The molecule has 0 saturated carbocycles. The number of nitrogens with zero attached hydrogens (tertiary/aromatic N) is 2. The van der Waals surface area contributed by atoms with Crippen LogP contribution >= 0.6 is 0 Å². The van der Waals surface area contributed by atoms with E-state index in [-0.39, 0.29) is 37.7 Å². The number of fused-ring (bicyclic) bond motifs is 1. The van der Waals surface area contributed by atoms with Gasteiger partial charge in [-0.3, -0.25) is 13.9 Å². The Bertz CT molecular complexity index is 1150. The molecule has 1 atom stereocenters. The fourth-order valence-corrected chi connectivity index (χ4v) is 4.83. The van der Waals surface area contributed by atoms with E-state index in [1.165, 1.54) is 16.3 Å². The fraction of sp³-hybridized carbons (Fsp3) is 0.440. The first-order valence-electron chi connectivity index (χ1n) is 11.5. The monoisotopic (exact) mass is 503 g/mol. The van der Waals surface area contributed by atoms with E-state index < -0.39 is 16.1 Å². The Hall–Kier alpha value is -3.27. The lowest BCUT2D eigenvalue weighted by Crippen LogP contribution is -2.46. The van der Waals surface area contributed by atoms with E-state index in [0.29, 0.717) is 30.4 Å². The van der Waals surface area contributed by atoms with E-state index in [1.807, 2.05) is 31.2 Å². The number of carbonyl (C=O) groups excluding carboxylic acids is 2. The quantitative estimate of drug-likeness (QED) is 0.534. The summed E-state index contributed by atoms with van der Waals surface area (Å²) in [6, 6.07) is 12.1. The van der Waals surface area contributed by atoms with Gasteiger partial charge in [-0.25, -0.2) is 8.42 Å². The second kappa shape index (κ2) is 11.4. The molecule has 0 unspecified atom stereocenters. The maximum atomic E-state index is 13.2. The number of benzene rings is 2. The van der Waals surface area contributed by atoms with Crippen LogP contribution in [0, 0.1) is 6.92 Å². The zero-order chi connectivity index (χ0) is 25.6. The van der Waals surface area contributed by atoms with Crippen molar-refractivity contribution in [1.82, 2.24) is 10.2 Å². The number of hydrogen-bond donors (Lipinski definition) is 1. The smallest absolute Gasteiger partial charge is 0.242 e. The molecule has 1 N–H and O–H groups in total. The molecule has 3 rings (SSSR count). The van der Waals surface area contributed by atoms with Gasteiger partial charge in [0.2, 0.25) is 21.8 Å². The molecule has 2 aromatic carbocycles. The number of amides is 2. The number of sulfonamides is 1. The Kier molecular flexibility index (Phi) is 8.61. The Morgan fingerprint density at radius 1 is 1.06 bits per heavy atom. The summed E-state index contributed by atoms with van der Waals surface area (Å²) in [6.45, 7) is 4.89. The van der Waals surface area contributed by atoms with E-state index in [4.69, 9.17) is 9.47 Å². The third-order valence-electron chi connectivity index (χ3n) is 5.85. The van der Waals surface area contributed by atoms with E-state index in [2.05, 4.69) is 5.32 Å². The van der Waals surface area contributed by atoms with Crippen LogP contribution < -0.4 is 19.1 Å². The molecule has 0 fully saturated rings. The molecule has 2 amide bonds. The van der Waals surface area contributed by atoms with Crippen LogP contribution in [0.25, 0.3) is 0 Å². The number of rotatable bonds is 10. The van der Waals surface area contributed by atoms with Crippen LogP contribution in [0.1, 0.15) is 30.9 Å². The molecule has 0 aliphatic carbocycles. The molecular formula is C25H33N3O6S. The van der Waals surface area contributed by atoms with Gasteiger partial charge in [0.15, 0.2) is 11.5 Å². The van der Waals surface area contributed by atoms with Gasteiger partial charge < -0.3 is 19.7 Å². The minimum absolute atomic E-state index is 0.0871. The molecule has 1 heterocycles. The highest BCUT2D eigenvalue weighted by Crippen LogP contribution is 2.34. The van der Waals surface area contributed by atoms with Crippen molar-refractivity contribution < 1.29 is 27.5 Å². The predicted octanol–water partition coefficient (Wildman–Crippen LogP) is 2.48. The molecule has 0 bridgehead atoms. The lowest BCUT2D eigenvalue weighted by molar-refractivity contribution is -0.140. The van der Waals surface area contributed by atoms with Crippen molar-refractivity contribution in [3.63, 3.8) is 0 Å². The lowest BCUT2D eigenvalue weighted by atomic mass is 10.1. The summed E-state index contributed by atoms with van der Waals surface area (Å²) in [5, 5.41) is 2.59. The second-order valence-corrected chi connectivity index (χ2v) is 10.5. The van der Waals surface area contributed by atoms with Gasteiger partial charge in [0.25, 0.3) is 0 Å².